The van der Waals surface area contributed by atoms with E-state index in [9.17, 15) is 9.59 Å². The van der Waals surface area contributed by atoms with Crippen LogP contribution in [0.3, 0.4) is 0 Å². The maximum atomic E-state index is 12.0. The predicted octanol–water partition coefficient (Wildman–Crippen LogP) is 1.38. The Hall–Kier alpha value is -2.14. The molecule has 0 unspecified atom stereocenters. The monoisotopic (exact) mass is 275 g/mol. The summed E-state index contributed by atoms with van der Waals surface area (Å²) in [5.41, 5.74) is 2.77. The molecule has 0 spiro atoms. The molecule has 106 valence electrons. The molecule has 0 aliphatic carbocycles. The third kappa shape index (κ3) is 2.88. The van der Waals surface area contributed by atoms with Crippen molar-refractivity contribution in [3.63, 3.8) is 0 Å². The van der Waals surface area contributed by atoms with Crippen molar-refractivity contribution in [1.82, 2.24) is 0 Å². The van der Waals surface area contributed by atoms with E-state index < -0.39 is 12.6 Å². The van der Waals surface area contributed by atoms with Crippen molar-refractivity contribution in [1.29, 1.82) is 0 Å². The number of benzene rings is 1. The van der Waals surface area contributed by atoms with Crippen LogP contribution in [-0.4, -0.2) is 36.6 Å². The minimum atomic E-state index is -0.533. The normalized spacial score (nSPS) is 13.5. The van der Waals surface area contributed by atoms with Crippen LogP contribution < -0.4 is 5.32 Å². The van der Waals surface area contributed by atoms with E-state index in [0.29, 0.717) is 17.7 Å². The van der Waals surface area contributed by atoms with Gasteiger partial charge < -0.3 is 15.2 Å². The van der Waals surface area contributed by atoms with Crippen molar-refractivity contribution in [3.05, 3.63) is 35.4 Å². The highest BCUT2D eigenvalue weighted by atomic mass is 16.5. The number of nitrogens with one attached hydrogen (secondary N) is 1. The molecule has 1 aromatic rings. The molecule has 0 aromatic heterocycles. The maximum Gasteiger partial charge on any atom is 0.336 e. The number of allylic oxidation sites excluding steroid dienone is 1. The van der Waals surface area contributed by atoms with E-state index in [1.807, 2.05) is 24.3 Å². The van der Waals surface area contributed by atoms with Gasteiger partial charge in [-0.1, -0.05) is 18.2 Å². The quantitative estimate of drug-likeness (QED) is 0.794. The lowest BCUT2D eigenvalue weighted by atomic mass is 9.91. The summed E-state index contributed by atoms with van der Waals surface area (Å²) in [5.74, 6) is -0.742. The Bertz CT molecular complexity index is 563. The van der Waals surface area contributed by atoms with Crippen LogP contribution in [0.1, 0.15) is 18.9 Å². The Labute approximate surface area is 117 Å². The van der Waals surface area contributed by atoms with Crippen molar-refractivity contribution >= 4 is 23.0 Å². The number of aliphatic hydroxyl groups excluding tert-OH is 1. The number of ether oxygens (including phenoxy) is 1. The summed E-state index contributed by atoms with van der Waals surface area (Å²) in [6, 6.07) is 7.46. The number of anilines is 1. The van der Waals surface area contributed by atoms with E-state index >= 15 is 0 Å². The summed E-state index contributed by atoms with van der Waals surface area (Å²) < 4.78 is 5.03. The highest BCUT2D eigenvalue weighted by Crippen LogP contribution is 2.33. The minimum absolute atomic E-state index is 0.0311. The molecule has 0 fully saturated rings. The molecule has 0 amide bonds. The molecule has 1 aliphatic heterocycles. The summed E-state index contributed by atoms with van der Waals surface area (Å²) in [7, 11) is 0. The zero-order valence-corrected chi connectivity index (χ0v) is 11.3. The number of hydrogen-bond donors (Lipinski definition) is 2. The average molecular weight is 275 g/mol. The number of Topliss-reactive ketones (excluding diaryl/α,β-unsaturated/α-hetero) is 1. The number of ketones is 1. The molecule has 0 atom stereocenters. The number of carbonyl (C=O) groups excluding carboxylic acids is 2. The van der Waals surface area contributed by atoms with Crippen molar-refractivity contribution in [3.8, 4) is 0 Å². The lowest BCUT2D eigenvalue weighted by Crippen LogP contribution is -2.23. The van der Waals surface area contributed by atoms with Gasteiger partial charge in [0.15, 0.2) is 5.78 Å². The first-order valence-electron chi connectivity index (χ1n) is 6.52. The van der Waals surface area contributed by atoms with Crippen LogP contribution in [0, 0.1) is 0 Å². The first-order chi connectivity index (χ1) is 9.67. The number of para-hydroxylation sites is 1. The first kappa shape index (κ1) is 14.3. The third-order valence-electron chi connectivity index (χ3n) is 3.14. The smallest absolute Gasteiger partial charge is 0.336 e. The second-order valence-electron chi connectivity index (χ2n) is 4.45. The summed E-state index contributed by atoms with van der Waals surface area (Å²) in [6.07, 6.45) is 0.0311. The highest BCUT2D eigenvalue weighted by molar-refractivity contribution is 6.06. The Morgan fingerprint density at radius 1 is 1.35 bits per heavy atom. The van der Waals surface area contributed by atoms with Crippen LogP contribution in [0.25, 0.3) is 5.57 Å². The molecule has 0 saturated heterocycles. The first-order valence-corrected chi connectivity index (χ1v) is 6.52. The van der Waals surface area contributed by atoms with Crippen molar-refractivity contribution in [2.45, 2.75) is 13.3 Å². The van der Waals surface area contributed by atoms with Gasteiger partial charge in [0.2, 0.25) is 0 Å². The van der Waals surface area contributed by atoms with Crippen LogP contribution in [0.4, 0.5) is 5.69 Å². The van der Waals surface area contributed by atoms with E-state index in [2.05, 4.69) is 5.32 Å². The number of carbonyl (C=O) groups is 2. The van der Waals surface area contributed by atoms with Crippen LogP contribution in [0.2, 0.25) is 0 Å². The topological polar surface area (TPSA) is 75.6 Å². The number of aliphatic hydroxyl groups is 1. The van der Waals surface area contributed by atoms with Gasteiger partial charge >= 0.3 is 5.97 Å². The molecule has 2 rings (SSSR count). The van der Waals surface area contributed by atoms with Gasteiger partial charge in [0.25, 0.3) is 0 Å². The number of esters is 1. The summed E-state index contributed by atoms with van der Waals surface area (Å²) in [6.45, 7) is 1.81. The summed E-state index contributed by atoms with van der Waals surface area (Å²) >= 11 is 0. The van der Waals surface area contributed by atoms with Crippen molar-refractivity contribution in [2.75, 3.05) is 25.1 Å². The van der Waals surface area contributed by atoms with Crippen molar-refractivity contribution in [2.24, 2.45) is 0 Å². The standard InChI is InChI=1S/C15H17NO4/c1-2-20-15(19)13-8-16-14-6-4-3-5-11(14)12(13)7-10(18)9-17/h3-6,16-17H,2,7-9H2,1H3. The molecule has 1 heterocycles. The fourth-order valence-electron chi connectivity index (χ4n) is 2.22. The van der Waals surface area contributed by atoms with Gasteiger partial charge in [0.05, 0.1) is 12.2 Å². The van der Waals surface area contributed by atoms with Gasteiger partial charge in [-0.3, -0.25) is 4.79 Å². The SMILES string of the molecule is CCOC(=O)C1=C(CC(=O)CO)c2ccccc2NC1. The lowest BCUT2D eigenvalue weighted by molar-refractivity contribution is -0.138. The van der Waals surface area contributed by atoms with Gasteiger partial charge in [-0.25, -0.2) is 4.79 Å². The molecule has 0 saturated carbocycles. The van der Waals surface area contributed by atoms with E-state index in [1.54, 1.807) is 6.92 Å². The van der Waals surface area contributed by atoms with E-state index in [1.165, 1.54) is 0 Å². The number of fused-ring (bicyclic) bond motifs is 1. The van der Waals surface area contributed by atoms with Crippen LogP contribution >= 0.6 is 0 Å². The summed E-state index contributed by atoms with van der Waals surface area (Å²) in [4.78, 5) is 23.6. The molecule has 20 heavy (non-hydrogen) atoms. The zero-order chi connectivity index (χ0) is 14.5. The molecule has 0 bridgehead atoms. The second kappa shape index (κ2) is 6.34. The lowest BCUT2D eigenvalue weighted by Gasteiger charge is -2.23. The zero-order valence-electron chi connectivity index (χ0n) is 11.3. The summed E-state index contributed by atoms with van der Waals surface area (Å²) in [5, 5.41) is 12.1. The number of rotatable bonds is 5. The molecular weight excluding hydrogens is 258 g/mol. The van der Waals surface area contributed by atoms with Crippen LogP contribution in [0.15, 0.2) is 29.8 Å². The van der Waals surface area contributed by atoms with E-state index in [4.69, 9.17) is 9.84 Å². The van der Waals surface area contributed by atoms with Gasteiger partial charge in [-0.2, -0.15) is 0 Å². The largest absolute Gasteiger partial charge is 0.463 e. The molecule has 5 heteroatoms. The molecule has 1 aromatic carbocycles. The fourth-order valence-corrected chi connectivity index (χ4v) is 2.22. The predicted molar refractivity (Wildman–Crippen MR) is 75.2 cm³/mol. The molecule has 1 aliphatic rings. The van der Waals surface area contributed by atoms with Gasteiger partial charge in [0.1, 0.15) is 6.61 Å². The van der Waals surface area contributed by atoms with Gasteiger partial charge in [-0.05, 0) is 18.6 Å². The molecule has 0 radical (unpaired) electrons. The second-order valence-corrected chi connectivity index (χ2v) is 4.45. The molecule has 5 nitrogen and oxygen atoms in total. The van der Waals surface area contributed by atoms with E-state index in [-0.39, 0.29) is 18.8 Å². The Balaban J connectivity index is 2.45. The Morgan fingerprint density at radius 2 is 2.10 bits per heavy atom. The average Bonchev–Trinajstić information content (AvgIpc) is 2.47. The molecule has 2 N–H and O–H groups in total. The maximum absolute atomic E-state index is 12.0. The Kier molecular flexibility index (Phi) is 4.53. The number of hydrogen-bond acceptors (Lipinski definition) is 5. The third-order valence-corrected chi connectivity index (χ3v) is 3.14. The van der Waals surface area contributed by atoms with E-state index in [0.717, 1.165) is 11.3 Å². The fraction of sp³-hybridized carbons (Fsp3) is 0.333. The van der Waals surface area contributed by atoms with Gasteiger partial charge in [-0.15, -0.1) is 0 Å². The van der Waals surface area contributed by atoms with Crippen molar-refractivity contribution < 1.29 is 19.4 Å². The Morgan fingerprint density at radius 3 is 2.80 bits per heavy atom. The molecular formula is C15H17NO4. The highest BCUT2D eigenvalue weighted by Gasteiger charge is 2.25. The van der Waals surface area contributed by atoms with Crippen LogP contribution in [-0.2, 0) is 14.3 Å². The van der Waals surface area contributed by atoms with Crippen LogP contribution in [0.5, 0.6) is 0 Å². The minimum Gasteiger partial charge on any atom is -0.463 e. The van der Waals surface area contributed by atoms with Gasteiger partial charge in [0, 0.05) is 24.2 Å².